The summed E-state index contributed by atoms with van der Waals surface area (Å²) in [6.07, 6.45) is 3.92. The summed E-state index contributed by atoms with van der Waals surface area (Å²) in [7, 11) is -3.43. The highest BCUT2D eigenvalue weighted by molar-refractivity contribution is 8.18. The highest BCUT2D eigenvalue weighted by Gasteiger charge is 2.18. The highest BCUT2D eigenvalue weighted by atomic mass is 32.2. The molecule has 1 heterocycles. The molecule has 0 saturated carbocycles. The van der Waals surface area contributed by atoms with Crippen LogP contribution in [0.4, 0.5) is 0 Å². The minimum Gasteiger partial charge on any atom is -0.205 e. The first-order chi connectivity index (χ1) is 10.5. The SMILES string of the molecule is CCCS(=O)(=O)/N=C1C=C/C(=C(/C#N)c2ccccc2C)S/1. The van der Waals surface area contributed by atoms with Crippen LogP contribution in [0.2, 0.25) is 0 Å². The molecule has 0 atom stereocenters. The summed E-state index contributed by atoms with van der Waals surface area (Å²) >= 11 is 1.22. The fraction of sp³-hybridized carbons (Fsp3) is 0.250. The zero-order valence-corrected chi connectivity index (χ0v) is 14.0. The maximum Gasteiger partial charge on any atom is 0.254 e. The molecule has 1 aromatic rings. The predicted molar refractivity (Wildman–Crippen MR) is 92.0 cm³/mol. The van der Waals surface area contributed by atoms with Crippen molar-refractivity contribution in [2.75, 3.05) is 5.75 Å². The second kappa shape index (κ2) is 6.95. The molecule has 0 amide bonds. The molecule has 0 aliphatic carbocycles. The second-order valence-electron chi connectivity index (χ2n) is 4.82. The lowest BCUT2D eigenvalue weighted by Gasteiger charge is -2.05. The van der Waals surface area contributed by atoms with Crippen LogP contribution in [-0.4, -0.2) is 19.2 Å². The largest absolute Gasteiger partial charge is 0.254 e. The zero-order valence-electron chi connectivity index (χ0n) is 12.4. The molecule has 0 bridgehead atoms. The Hall–Kier alpha value is -1.84. The Morgan fingerprint density at radius 1 is 1.32 bits per heavy atom. The van der Waals surface area contributed by atoms with Gasteiger partial charge in [0, 0.05) is 4.91 Å². The van der Waals surface area contributed by atoms with E-state index in [0.29, 0.717) is 17.0 Å². The van der Waals surface area contributed by atoms with E-state index in [1.807, 2.05) is 31.2 Å². The van der Waals surface area contributed by atoms with Crippen LogP contribution in [0.25, 0.3) is 5.57 Å². The summed E-state index contributed by atoms with van der Waals surface area (Å²) in [5, 5.41) is 9.86. The fourth-order valence-electron chi connectivity index (χ4n) is 2.05. The maximum atomic E-state index is 11.7. The lowest BCUT2D eigenvalue weighted by Crippen LogP contribution is -2.03. The number of sulfonamides is 1. The molecule has 0 N–H and O–H groups in total. The number of benzene rings is 1. The van der Waals surface area contributed by atoms with Crippen molar-refractivity contribution in [3.8, 4) is 6.07 Å². The van der Waals surface area contributed by atoms with Crippen molar-refractivity contribution in [1.82, 2.24) is 0 Å². The monoisotopic (exact) mass is 332 g/mol. The second-order valence-corrected chi connectivity index (χ2v) is 7.63. The number of allylic oxidation sites excluding steroid dienone is 2. The van der Waals surface area contributed by atoms with Gasteiger partial charge in [0.15, 0.2) is 0 Å². The molecule has 4 nitrogen and oxygen atoms in total. The molecule has 0 spiro atoms. The molecule has 22 heavy (non-hydrogen) atoms. The Labute approximate surface area is 135 Å². The third-order valence-corrected chi connectivity index (χ3v) is 5.57. The number of hydrogen-bond donors (Lipinski definition) is 0. The van der Waals surface area contributed by atoms with Gasteiger partial charge in [-0.1, -0.05) is 43.0 Å². The van der Waals surface area contributed by atoms with Crippen LogP contribution in [0.1, 0.15) is 24.5 Å². The molecule has 6 heteroatoms. The first kappa shape index (κ1) is 16.5. The van der Waals surface area contributed by atoms with E-state index in [1.165, 1.54) is 11.8 Å². The number of aryl methyl sites for hydroxylation is 1. The molecule has 0 aromatic heterocycles. The zero-order chi connectivity index (χ0) is 16.2. The molecule has 1 aliphatic rings. The molecule has 2 rings (SSSR count). The Bertz CT molecular complexity index is 813. The Morgan fingerprint density at radius 2 is 2.05 bits per heavy atom. The van der Waals surface area contributed by atoms with Crippen molar-refractivity contribution in [1.29, 1.82) is 5.26 Å². The summed E-state index contributed by atoms with van der Waals surface area (Å²) in [6.45, 7) is 3.74. The van der Waals surface area contributed by atoms with E-state index >= 15 is 0 Å². The van der Waals surface area contributed by atoms with E-state index in [4.69, 9.17) is 0 Å². The average molecular weight is 332 g/mol. The van der Waals surface area contributed by atoms with Crippen LogP contribution >= 0.6 is 11.8 Å². The first-order valence-corrected chi connectivity index (χ1v) is 9.28. The standard InChI is InChI=1S/C16H16N2O2S2/c1-3-10-22(19,20)18-16-9-8-15(21-16)14(11-17)13-7-5-4-6-12(13)2/h4-9H,3,10H2,1-2H3/b15-14+,18-16-. The van der Waals surface area contributed by atoms with E-state index in [2.05, 4.69) is 10.5 Å². The third-order valence-electron chi connectivity index (χ3n) is 3.06. The number of nitriles is 1. The van der Waals surface area contributed by atoms with E-state index < -0.39 is 10.0 Å². The molecular weight excluding hydrogens is 316 g/mol. The number of hydrogen-bond acceptors (Lipinski definition) is 4. The van der Waals surface area contributed by atoms with Crippen LogP contribution in [0.15, 0.2) is 45.7 Å². The van der Waals surface area contributed by atoms with Crippen LogP contribution < -0.4 is 0 Å². The minimum absolute atomic E-state index is 0.0346. The Balaban J connectivity index is 2.36. The van der Waals surface area contributed by atoms with Crippen LogP contribution in [-0.2, 0) is 10.0 Å². The molecule has 1 aromatic carbocycles. The Morgan fingerprint density at radius 3 is 2.68 bits per heavy atom. The summed E-state index contributed by atoms with van der Waals surface area (Å²) in [5.74, 6) is 0.0346. The van der Waals surface area contributed by atoms with Gasteiger partial charge in [0.25, 0.3) is 10.0 Å². The smallest absolute Gasteiger partial charge is 0.205 e. The summed E-state index contributed by atoms with van der Waals surface area (Å²) in [6, 6.07) is 9.84. The van der Waals surface area contributed by atoms with Crippen molar-refractivity contribution < 1.29 is 8.42 Å². The predicted octanol–water partition coefficient (Wildman–Crippen LogP) is 3.67. The number of nitrogens with zero attached hydrogens (tertiary/aromatic N) is 2. The number of thioether (sulfide) groups is 1. The maximum absolute atomic E-state index is 11.7. The molecule has 0 unspecified atom stereocenters. The van der Waals surface area contributed by atoms with Gasteiger partial charge >= 0.3 is 0 Å². The summed E-state index contributed by atoms with van der Waals surface area (Å²) in [5.41, 5.74) is 2.40. The Kier molecular flexibility index (Phi) is 5.22. The van der Waals surface area contributed by atoms with Crippen molar-refractivity contribution in [2.24, 2.45) is 4.40 Å². The van der Waals surface area contributed by atoms with Crippen LogP contribution in [0, 0.1) is 18.3 Å². The van der Waals surface area contributed by atoms with Crippen LogP contribution in [0.3, 0.4) is 0 Å². The van der Waals surface area contributed by atoms with Gasteiger partial charge in [-0.2, -0.15) is 9.66 Å². The average Bonchev–Trinajstić information content (AvgIpc) is 2.89. The van der Waals surface area contributed by atoms with Gasteiger partial charge < -0.3 is 0 Å². The van der Waals surface area contributed by atoms with Crippen molar-refractivity contribution >= 4 is 32.4 Å². The van der Waals surface area contributed by atoms with Gasteiger partial charge in [-0.15, -0.1) is 0 Å². The van der Waals surface area contributed by atoms with Gasteiger partial charge in [0.1, 0.15) is 11.1 Å². The topological polar surface area (TPSA) is 70.3 Å². The van der Waals surface area contributed by atoms with E-state index in [-0.39, 0.29) is 5.75 Å². The van der Waals surface area contributed by atoms with Crippen molar-refractivity contribution in [2.45, 2.75) is 20.3 Å². The minimum atomic E-state index is -3.43. The molecule has 1 aliphatic heterocycles. The fourth-order valence-corrected chi connectivity index (χ4v) is 4.24. The third kappa shape index (κ3) is 3.87. The van der Waals surface area contributed by atoms with E-state index in [1.54, 1.807) is 19.1 Å². The molecule has 0 radical (unpaired) electrons. The van der Waals surface area contributed by atoms with E-state index in [9.17, 15) is 13.7 Å². The number of rotatable bonds is 4. The molecule has 0 saturated heterocycles. The lowest BCUT2D eigenvalue weighted by molar-refractivity contribution is 0.597. The quantitative estimate of drug-likeness (QED) is 0.789. The van der Waals surface area contributed by atoms with Crippen molar-refractivity contribution in [3.05, 3.63) is 52.4 Å². The van der Waals surface area contributed by atoms with Gasteiger partial charge in [0.05, 0.1) is 11.3 Å². The normalized spacial score (nSPS) is 18.5. The highest BCUT2D eigenvalue weighted by Crippen LogP contribution is 2.35. The molecular formula is C16H16N2O2S2. The van der Waals surface area contributed by atoms with E-state index in [0.717, 1.165) is 16.0 Å². The lowest BCUT2D eigenvalue weighted by atomic mass is 10.0. The van der Waals surface area contributed by atoms with Gasteiger partial charge in [-0.25, -0.2) is 8.42 Å². The molecule has 114 valence electrons. The summed E-state index contributed by atoms with van der Waals surface area (Å²) in [4.78, 5) is 0.724. The summed E-state index contributed by atoms with van der Waals surface area (Å²) < 4.78 is 27.3. The molecule has 0 fully saturated rings. The van der Waals surface area contributed by atoms with Gasteiger partial charge in [-0.3, -0.25) is 0 Å². The van der Waals surface area contributed by atoms with Crippen molar-refractivity contribution in [3.63, 3.8) is 0 Å². The van der Waals surface area contributed by atoms with Gasteiger partial charge in [-0.05, 0) is 36.6 Å². The van der Waals surface area contributed by atoms with Crippen LogP contribution in [0.5, 0.6) is 0 Å². The van der Waals surface area contributed by atoms with Gasteiger partial charge in [0.2, 0.25) is 0 Å². The first-order valence-electron chi connectivity index (χ1n) is 6.86.